The minimum absolute atomic E-state index is 0.111. The quantitative estimate of drug-likeness (QED) is 0.0262. The van der Waals surface area contributed by atoms with Crippen molar-refractivity contribution < 1.29 is 28.6 Å². The number of esters is 3. The zero-order chi connectivity index (χ0) is 48.6. The van der Waals surface area contributed by atoms with Crippen molar-refractivity contribution in [1.82, 2.24) is 0 Å². The van der Waals surface area contributed by atoms with Crippen molar-refractivity contribution in [3.05, 3.63) is 109 Å². The molecular weight excluding hydrogens is 829 g/mol. The lowest BCUT2D eigenvalue weighted by atomic mass is 10.1. The number of hydrogen-bond acceptors (Lipinski definition) is 6. The summed E-state index contributed by atoms with van der Waals surface area (Å²) >= 11 is 0. The molecule has 0 aromatic heterocycles. The first-order valence-corrected chi connectivity index (χ1v) is 27.4. The van der Waals surface area contributed by atoms with Crippen molar-refractivity contribution in [3.8, 4) is 0 Å². The predicted molar refractivity (Wildman–Crippen MR) is 288 cm³/mol. The standard InChI is InChI=1S/C61H100O6/c1-4-7-10-13-16-19-22-25-27-29-30-32-33-36-39-42-45-48-51-54-60(63)66-57-58(56-65-59(62)53-50-47-44-41-38-35-24-21-18-15-12-9-6-3)67-61(64)55-52-49-46-43-40-37-34-31-28-26-23-20-17-14-11-8-5-2/h8,11,16-17,19-21,24-28,30,32,34,37,43,46,58H,4-7,9-10,12-15,18,22-23,29,31,33,35-36,38-42,44-45,47-57H2,1-3H3/b11-8-,19-16-,20-17-,24-21-,27-25-,28-26-,32-30-,37-34-,46-43-. The third-order valence-electron chi connectivity index (χ3n) is 11.2. The van der Waals surface area contributed by atoms with Crippen molar-refractivity contribution in [2.24, 2.45) is 0 Å². The molecule has 0 aromatic carbocycles. The molecule has 0 aromatic rings. The number of rotatable bonds is 48. The van der Waals surface area contributed by atoms with Crippen LogP contribution >= 0.6 is 0 Å². The molecule has 0 radical (unpaired) electrons. The zero-order valence-corrected chi connectivity index (χ0v) is 43.4. The van der Waals surface area contributed by atoms with E-state index < -0.39 is 6.10 Å². The van der Waals surface area contributed by atoms with Crippen LogP contribution < -0.4 is 0 Å². The van der Waals surface area contributed by atoms with Gasteiger partial charge in [-0.3, -0.25) is 14.4 Å². The van der Waals surface area contributed by atoms with Gasteiger partial charge in [0.2, 0.25) is 0 Å². The molecule has 0 saturated carbocycles. The predicted octanol–water partition coefficient (Wildman–Crippen LogP) is 18.3. The number of allylic oxidation sites excluding steroid dienone is 18. The monoisotopic (exact) mass is 929 g/mol. The molecule has 0 heterocycles. The Kier molecular flexibility index (Phi) is 51.5. The second-order valence-corrected chi connectivity index (χ2v) is 17.7. The Morgan fingerprint density at radius 3 is 1.00 bits per heavy atom. The highest BCUT2D eigenvalue weighted by atomic mass is 16.6. The molecule has 0 aliphatic rings. The molecule has 0 N–H and O–H groups in total. The van der Waals surface area contributed by atoms with Crippen LogP contribution in [0.25, 0.3) is 0 Å². The summed E-state index contributed by atoms with van der Waals surface area (Å²) < 4.78 is 16.8. The minimum Gasteiger partial charge on any atom is -0.462 e. The van der Waals surface area contributed by atoms with Crippen LogP contribution in [0.2, 0.25) is 0 Å². The minimum atomic E-state index is -0.818. The number of hydrogen-bond donors (Lipinski definition) is 0. The number of carbonyl (C=O) groups excluding carboxylic acids is 3. The van der Waals surface area contributed by atoms with E-state index in [2.05, 4.69) is 130 Å². The van der Waals surface area contributed by atoms with Crippen LogP contribution in [0.4, 0.5) is 0 Å². The molecule has 1 atom stereocenters. The van der Waals surface area contributed by atoms with Gasteiger partial charge in [-0.15, -0.1) is 0 Å². The van der Waals surface area contributed by atoms with E-state index in [-0.39, 0.29) is 37.5 Å². The van der Waals surface area contributed by atoms with E-state index in [4.69, 9.17) is 14.2 Å². The normalized spacial score (nSPS) is 12.9. The molecule has 0 bridgehead atoms. The van der Waals surface area contributed by atoms with Gasteiger partial charge in [-0.25, -0.2) is 0 Å². The molecule has 0 aliphatic heterocycles. The Labute approximate surface area is 412 Å². The van der Waals surface area contributed by atoms with Crippen LogP contribution in [0.1, 0.15) is 239 Å². The van der Waals surface area contributed by atoms with Gasteiger partial charge in [0.05, 0.1) is 0 Å². The van der Waals surface area contributed by atoms with Gasteiger partial charge < -0.3 is 14.2 Å². The van der Waals surface area contributed by atoms with Gasteiger partial charge in [-0.05, 0) is 122 Å². The maximum atomic E-state index is 12.8. The van der Waals surface area contributed by atoms with Gasteiger partial charge >= 0.3 is 17.9 Å². The topological polar surface area (TPSA) is 78.9 Å². The molecule has 0 saturated heterocycles. The lowest BCUT2D eigenvalue weighted by Gasteiger charge is -2.18. The van der Waals surface area contributed by atoms with E-state index in [9.17, 15) is 14.4 Å². The Morgan fingerprint density at radius 1 is 0.313 bits per heavy atom. The number of ether oxygens (including phenoxy) is 3. The summed E-state index contributed by atoms with van der Waals surface area (Å²) in [6.07, 6.45) is 73.6. The molecule has 380 valence electrons. The fourth-order valence-corrected chi connectivity index (χ4v) is 7.13. The molecule has 1 unspecified atom stereocenters. The molecule has 0 aliphatic carbocycles. The first-order valence-electron chi connectivity index (χ1n) is 27.4. The molecule has 0 spiro atoms. The first kappa shape index (κ1) is 63.1. The fraction of sp³-hybridized carbons (Fsp3) is 0.656. The van der Waals surface area contributed by atoms with Gasteiger partial charge in [0.25, 0.3) is 0 Å². The summed E-state index contributed by atoms with van der Waals surface area (Å²) in [7, 11) is 0. The van der Waals surface area contributed by atoms with Crippen LogP contribution in [-0.4, -0.2) is 37.2 Å². The largest absolute Gasteiger partial charge is 0.462 e. The Balaban J connectivity index is 4.51. The fourth-order valence-electron chi connectivity index (χ4n) is 7.13. The van der Waals surface area contributed by atoms with Gasteiger partial charge in [0.1, 0.15) is 13.2 Å². The van der Waals surface area contributed by atoms with E-state index in [1.54, 1.807) is 0 Å². The zero-order valence-electron chi connectivity index (χ0n) is 43.4. The van der Waals surface area contributed by atoms with Crippen molar-refractivity contribution >= 4 is 17.9 Å². The summed E-state index contributed by atoms with van der Waals surface area (Å²) in [5, 5.41) is 0. The molecule has 0 fully saturated rings. The smallest absolute Gasteiger partial charge is 0.306 e. The second-order valence-electron chi connectivity index (χ2n) is 17.7. The second kappa shape index (κ2) is 54.7. The Hall–Kier alpha value is -3.93. The van der Waals surface area contributed by atoms with Crippen LogP contribution in [0.3, 0.4) is 0 Å². The lowest BCUT2D eigenvalue weighted by Crippen LogP contribution is -2.30. The first-order chi connectivity index (χ1) is 33.0. The van der Waals surface area contributed by atoms with Gasteiger partial charge in [-0.1, -0.05) is 207 Å². The van der Waals surface area contributed by atoms with E-state index in [1.807, 2.05) is 0 Å². The summed E-state index contributed by atoms with van der Waals surface area (Å²) in [5.41, 5.74) is 0. The highest BCUT2D eigenvalue weighted by Gasteiger charge is 2.19. The van der Waals surface area contributed by atoms with Crippen molar-refractivity contribution in [2.75, 3.05) is 13.2 Å². The summed E-state index contributed by atoms with van der Waals surface area (Å²) in [4.78, 5) is 38.1. The van der Waals surface area contributed by atoms with Gasteiger partial charge in [0, 0.05) is 19.3 Å². The van der Waals surface area contributed by atoms with Gasteiger partial charge in [-0.2, -0.15) is 0 Å². The SMILES string of the molecule is CC/C=C\C/C=C\C/C=C\C/C=C\C/C=C\CCCC(=O)OC(COC(=O)CCCCCCC/C=C\CCCCCC)COC(=O)CCCCCCCC/C=C\C/C=C\C/C=C\CCCCC. The average Bonchev–Trinajstić information content (AvgIpc) is 3.33. The van der Waals surface area contributed by atoms with Crippen LogP contribution in [0, 0.1) is 0 Å². The van der Waals surface area contributed by atoms with E-state index >= 15 is 0 Å². The van der Waals surface area contributed by atoms with E-state index in [0.717, 1.165) is 116 Å². The lowest BCUT2D eigenvalue weighted by molar-refractivity contribution is -0.167. The summed E-state index contributed by atoms with van der Waals surface area (Å²) in [6, 6.07) is 0. The summed E-state index contributed by atoms with van der Waals surface area (Å²) in [5.74, 6) is -0.994. The highest BCUT2D eigenvalue weighted by molar-refractivity contribution is 5.71. The Bertz CT molecular complexity index is 1390. The molecule has 0 rings (SSSR count). The molecule has 6 nitrogen and oxygen atoms in total. The third kappa shape index (κ3) is 52.9. The summed E-state index contributed by atoms with van der Waals surface area (Å²) in [6.45, 7) is 6.41. The maximum absolute atomic E-state index is 12.8. The highest BCUT2D eigenvalue weighted by Crippen LogP contribution is 2.13. The van der Waals surface area contributed by atoms with Crippen LogP contribution in [0.15, 0.2) is 109 Å². The number of carbonyl (C=O) groups is 3. The maximum Gasteiger partial charge on any atom is 0.306 e. The van der Waals surface area contributed by atoms with E-state index in [0.29, 0.717) is 19.3 Å². The van der Waals surface area contributed by atoms with Crippen LogP contribution in [-0.2, 0) is 28.6 Å². The average molecular weight is 929 g/mol. The Morgan fingerprint density at radius 2 is 0.597 bits per heavy atom. The number of unbranched alkanes of at least 4 members (excludes halogenated alkanes) is 19. The van der Waals surface area contributed by atoms with Crippen LogP contribution in [0.5, 0.6) is 0 Å². The van der Waals surface area contributed by atoms with Crippen molar-refractivity contribution in [3.63, 3.8) is 0 Å². The molecule has 0 amide bonds. The van der Waals surface area contributed by atoms with Crippen molar-refractivity contribution in [2.45, 2.75) is 245 Å². The molecule has 6 heteroatoms. The van der Waals surface area contributed by atoms with Gasteiger partial charge in [0.15, 0.2) is 6.10 Å². The third-order valence-corrected chi connectivity index (χ3v) is 11.2. The molecular formula is C61H100O6. The van der Waals surface area contributed by atoms with E-state index in [1.165, 1.54) is 77.0 Å². The molecule has 67 heavy (non-hydrogen) atoms. The van der Waals surface area contributed by atoms with Crippen molar-refractivity contribution in [1.29, 1.82) is 0 Å².